The molecule has 1 aromatic carbocycles. The Morgan fingerprint density at radius 2 is 1.69 bits per heavy atom. The van der Waals surface area contributed by atoms with Gasteiger partial charge in [0, 0.05) is 18.7 Å². The van der Waals surface area contributed by atoms with Gasteiger partial charge in [0.25, 0.3) is 0 Å². The normalized spacial score (nSPS) is 11.2. The van der Waals surface area contributed by atoms with E-state index in [0.29, 0.717) is 0 Å². The van der Waals surface area contributed by atoms with E-state index < -0.39 is 0 Å². The molecule has 0 heterocycles. The van der Waals surface area contributed by atoms with Crippen LogP contribution in [0.2, 0.25) is 0 Å². The Kier molecular flexibility index (Phi) is 4.28. The van der Waals surface area contributed by atoms with Crippen molar-refractivity contribution in [1.82, 2.24) is 8.61 Å². The van der Waals surface area contributed by atoms with E-state index in [9.17, 15) is 0 Å². The molecule has 72 valence electrons. The summed E-state index contributed by atoms with van der Waals surface area (Å²) in [6, 6.07) is 10.5. The molecule has 0 spiro atoms. The van der Waals surface area contributed by atoms with Gasteiger partial charge in [-0.05, 0) is 26.7 Å². The van der Waals surface area contributed by atoms with Gasteiger partial charge in [-0.1, -0.05) is 30.3 Å². The summed E-state index contributed by atoms with van der Waals surface area (Å²) in [4.78, 5) is 0. The first kappa shape index (κ1) is 10.6. The zero-order chi connectivity index (χ0) is 9.68. The molecule has 0 N–H and O–H groups in total. The van der Waals surface area contributed by atoms with Crippen molar-refractivity contribution < 1.29 is 0 Å². The fourth-order valence-corrected chi connectivity index (χ4v) is 1.91. The van der Waals surface area contributed by atoms with E-state index in [1.807, 2.05) is 20.2 Å². The Labute approximate surface area is 84.8 Å². The molecule has 13 heavy (non-hydrogen) atoms. The van der Waals surface area contributed by atoms with Crippen LogP contribution in [-0.2, 0) is 6.54 Å². The Morgan fingerprint density at radius 3 is 2.23 bits per heavy atom. The van der Waals surface area contributed by atoms with Crippen LogP contribution in [0.3, 0.4) is 0 Å². The Morgan fingerprint density at radius 1 is 1.08 bits per heavy atom. The van der Waals surface area contributed by atoms with Crippen molar-refractivity contribution in [2.45, 2.75) is 6.54 Å². The number of hydrogen-bond acceptors (Lipinski definition) is 3. The Balaban J connectivity index is 2.41. The number of benzene rings is 1. The van der Waals surface area contributed by atoms with Crippen molar-refractivity contribution in [3.63, 3.8) is 0 Å². The highest BCUT2D eigenvalue weighted by Gasteiger charge is 2.01. The van der Waals surface area contributed by atoms with Crippen molar-refractivity contribution in [2.24, 2.45) is 0 Å². The van der Waals surface area contributed by atoms with Crippen molar-refractivity contribution in [1.29, 1.82) is 0 Å². The van der Waals surface area contributed by atoms with E-state index in [4.69, 9.17) is 0 Å². The van der Waals surface area contributed by atoms with Gasteiger partial charge in [-0.3, -0.25) is 0 Å². The van der Waals surface area contributed by atoms with Gasteiger partial charge in [0.1, 0.15) is 0 Å². The predicted octanol–water partition coefficient (Wildman–Crippen LogP) is 2.24. The van der Waals surface area contributed by atoms with Gasteiger partial charge < -0.3 is 0 Å². The topological polar surface area (TPSA) is 6.48 Å². The van der Waals surface area contributed by atoms with Crippen LogP contribution in [0, 0.1) is 0 Å². The van der Waals surface area contributed by atoms with Gasteiger partial charge in [0.15, 0.2) is 0 Å². The first-order chi connectivity index (χ1) is 6.18. The van der Waals surface area contributed by atoms with Gasteiger partial charge in [0.2, 0.25) is 0 Å². The number of nitrogens with zero attached hydrogens (tertiary/aromatic N) is 2. The first-order valence-corrected chi connectivity index (χ1v) is 5.02. The van der Waals surface area contributed by atoms with Crippen LogP contribution < -0.4 is 0 Å². The minimum absolute atomic E-state index is 0.976. The van der Waals surface area contributed by atoms with E-state index in [1.165, 1.54) is 5.56 Å². The molecule has 0 saturated carbocycles. The summed E-state index contributed by atoms with van der Waals surface area (Å²) in [6.45, 7) is 0.976. The van der Waals surface area contributed by atoms with Crippen molar-refractivity contribution in [3.8, 4) is 0 Å². The molecule has 0 aromatic heterocycles. The molecule has 1 rings (SSSR count). The van der Waals surface area contributed by atoms with Crippen LogP contribution in [-0.4, -0.2) is 29.8 Å². The molecule has 0 atom stereocenters. The Hall–Kier alpha value is -0.510. The summed E-state index contributed by atoms with van der Waals surface area (Å²) >= 11 is 1.72. The summed E-state index contributed by atoms with van der Waals surface area (Å²) in [5.41, 5.74) is 1.35. The predicted molar refractivity (Wildman–Crippen MR) is 59.2 cm³/mol. The standard InChI is InChI=1S/C10H16N2S/c1-11(2)13-12(3)9-10-7-5-4-6-8-10/h4-8H,9H2,1-3H3. The van der Waals surface area contributed by atoms with Gasteiger partial charge >= 0.3 is 0 Å². The summed E-state index contributed by atoms with van der Waals surface area (Å²) in [5, 5.41) is 0. The molecule has 0 amide bonds. The fourth-order valence-electron chi connectivity index (χ4n) is 1.15. The zero-order valence-corrected chi connectivity index (χ0v) is 9.21. The van der Waals surface area contributed by atoms with E-state index >= 15 is 0 Å². The van der Waals surface area contributed by atoms with Crippen LogP contribution >= 0.6 is 12.1 Å². The monoisotopic (exact) mass is 196 g/mol. The molecule has 3 heteroatoms. The lowest BCUT2D eigenvalue weighted by Gasteiger charge is -2.18. The summed E-state index contributed by atoms with van der Waals surface area (Å²) in [5.74, 6) is 0. The van der Waals surface area contributed by atoms with Gasteiger partial charge in [-0.25, -0.2) is 8.61 Å². The molecule has 0 aliphatic carbocycles. The summed E-state index contributed by atoms with van der Waals surface area (Å²) < 4.78 is 4.29. The van der Waals surface area contributed by atoms with Crippen LogP contribution in [0.25, 0.3) is 0 Å². The third kappa shape index (κ3) is 4.31. The Bertz CT molecular complexity index is 236. The highest BCUT2D eigenvalue weighted by Crippen LogP contribution is 2.13. The van der Waals surface area contributed by atoms with Gasteiger partial charge in [-0.15, -0.1) is 0 Å². The van der Waals surface area contributed by atoms with E-state index in [-0.39, 0.29) is 0 Å². The molecule has 0 aliphatic rings. The lowest BCUT2D eigenvalue weighted by molar-refractivity contribution is 0.530. The second-order valence-corrected chi connectivity index (χ2v) is 4.68. The minimum atomic E-state index is 0.976. The van der Waals surface area contributed by atoms with Gasteiger partial charge in [0.05, 0.1) is 0 Å². The van der Waals surface area contributed by atoms with E-state index in [2.05, 4.69) is 39.9 Å². The number of hydrogen-bond donors (Lipinski definition) is 0. The molecule has 0 bridgehead atoms. The second-order valence-electron chi connectivity index (χ2n) is 3.17. The van der Waals surface area contributed by atoms with Crippen LogP contribution in [0.15, 0.2) is 30.3 Å². The van der Waals surface area contributed by atoms with Crippen LogP contribution in [0.1, 0.15) is 5.56 Å². The summed E-state index contributed by atoms with van der Waals surface area (Å²) in [7, 11) is 6.19. The highest BCUT2D eigenvalue weighted by molar-refractivity contribution is 7.94. The molecule has 0 saturated heterocycles. The first-order valence-electron chi connectivity index (χ1n) is 4.29. The molecule has 0 unspecified atom stereocenters. The third-order valence-electron chi connectivity index (χ3n) is 1.55. The van der Waals surface area contributed by atoms with Crippen LogP contribution in [0.4, 0.5) is 0 Å². The minimum Gasteiger partial charge on any atom is -0.243 e. The summed E-state index contributed by atoms with van der Waals surface area (Å²) in [6.07, 6.45) is 0. The molecular weight excluding hydrogens is 180 g/mol. The molecule has 1 aromatic rings. The average molecular weight is 196 g/mol. The quantitative estimate of drug-likeness (QED) is 0.682. The fraction of sp³-hybridized carbons (Fsp3) is 0.400. The van der Waals surface area contributed by atoms with E-state index in [0.717, 1.165) is 6.54 Å². The van der Waals surface area contributed by atoms with Gasteiger partial charge in [-0.2, -0.15) is 0 Å². The lowest BCUT2D eigenvalue weighted by atomic mass is 10.2. The maximum atomic E-state index is 2.20. The second kappa shape index (κ2) is 5.27. The van der Waals surface area contributed by atoms with Crippen molar-refractivity contribution >= 4 is 12.1 Å². The zero-order valence-electron chi connectivity index (χ0n) is 8.40. The highest BCUT2D eigenvalue weighted by atomic mass is 32.2. The molecule has 2 nitrogen and oxygen atoms in total. The number of rotatable bonds is 4. The molecule has 0 radical (unpaired) electrons. The van der Waals surface area contributed by atoms with Crippen LogP contribution in [0.5, 0.6) is 0 Å². The molecule has 0 fully saturated rings. The largest absolute Gasteiger partial charge is 0.243 e. The van der Waals surface area contributed by atoms with Crippen molar-refractivity contribution in [3.05, 3.63) is 35.9 Å². The smallest absolute Gasteiger partial charge is 0.0349 e. The molecular formula is C10H16N2S. The average Bonchev–Trinajstić information content (AvgIpc) is 2.04. The van der Waals surface area contributed by atoms with Crippen molar-refractivity contribution in [2.75, 3.05) is 21.1 Å². The van der Waals surface area contributed by atoms with E-state index in [1.54, 1.807) is 12.1 Å². The lowest BCUT2D eigenvalue weighted by Crippen LogP contribution is -2.15. The maximum absolute atomic E-state index is 2.20. The molecule has 0 aliphatic heterocycles. The maximum Gasteiger partial charge on any atom is 0.0349 e. The SMILES string of the molecule is CN(C)SN(C)Cc1ccccc1. The third-order valence-corrected chi connectivity index (χ3v) is 2.29.